The zero-order valence-electron chi connectivity index (χ0n) is 5.33. The van der Waals surface area contributed by atoms with Gasteiger partial charge in [0.2, 0.25) is 5.96 Å². The predicted molar refractivity (Wildman–Crippen MR) is 37.6 cm³/mol. The molecule has 0 saturated carbocycles. The summed E-state index contributed by atoms with van der Waals surface area (Å²) in [5, 5.41) is 0. The first-order valence-electron chi connectivity index (χ1n) is 2.74. The molecular formula is C5H10N4. The van der Waals surface area contributed by atoms with E-state index < -0.39 is 5.54 Å². The molecule has 0 amide bonds. The van der Waals surface area contributed by atoms with Crippen LogP contribution >= 0.6 is 0 Å². The van der Waals surface area contributed by atoms with Crippen molar-refractivity contribution in [3.63, 3.8) is 0 Å². The fourth-order valence-corrected chi connectivity index (χ4v) is 0.547. The molecule has 0 aromatic heterocycles. The van der Waals surface area contributed by atoms with Gasteiger partial charge in [0.25, 0.3) is 0 Å². The molecule has 1 atom stereocenters. The molecule has 0 aromatic rings. The topological polar surface area (TPSA) is 76.8 Å². The molecule has 1 heterocycles. The van der Waals surface area contributed by atoms with Gasteiger partial charge in [-0.25, -0.2) is 9.98 Å². The molecule has 0 radical (unpaired) electrons. The van der Waals surface area contributed by atoms with Gasteiger partial charge in [-0.2, -0.15) is 0 Å². The van der Waals surface area contributed by atoms with Crippen molar-refractivity contribution in [2.24, 2.45) is 21.5 Å². The summed E-state index contributed by atoms with van der Waals surface area (Å²) in [5.41, 5.74) is 10.5. The smallest absolute Gasteiger partial charge is 0.215 e. The van der Waals surface area contributed by atoms with Gasteiger partial charge in [0.1, 0.15) is 0 Å². The highest BCUT2D eigenvalue weighted by atomic mass is 15.1. The molecule has 50 valence electrons. The SMILES string of the molecule is CC1(N)C=NC(N)=NC1. The zero-order valence-corrected chi connectivity index (χ0v) is 5.33. The summed E-state index contributed by atoms with van der Waals surface area (Å²) >= 11 is 0. The summed E-state index contributed by atoms with van der Waals surface area (Å²) in [7, 11) is 0. The van der Waals surface area contributed by atoms with Crippen molar-refractivity contribution in [3.8, 4) is 0 Å². The number of hydrogen-bond donors (Lipinski definition) is 2. The minimum absolute atomic E-state index is 0.318. The molecule has 0 aromatic carbocycles. The first kappa shape index (κ1) is 6.22. The van der Waals surface area contributed by atoms with Gasteiger partial charge in [0.15, 0.2) is 0 Å². The van der Waals surface area contributed by atoms with Crippen molar-refractivity contribution in [3.05, 3.63) is 0 Å². The number of guanidine groups is 1. The Morgan fingerprint density at radius 1 is 1.78 bits per heavy atom. The number of nitrogens with zero attached hydrogens (tertiary/aromatic N) is 2. The lowest BCUT2D eigenvalue weighted by molar-refractivity contribution is 0.643. The van der Waals surface area contributed by atoms with Gasteiger partial charge >= 0.3 is 0 Å². The van der Waals surface area contributed by atoms with Crippen molar-refractivity contribution >= 4 is 12.2 Å². The second kappa shape index (κ2) is 1.80. The van der Waals surface area contributed by atoms with Crippen molar-refractivity contribution in [1.82, 2.24) is 0 Å². The average molecular weight is 126 g/mol. The second-order valence-corrected chi connectivity index (χ2v) is 2.44. The maximum Gasteiger partial charge on any atom is 0.215 e. The lowest BCUT2D eigenvalue weighted by Crippen LogP contribution is -2.44. The molecule has 1 aliphatic heterocycles. The Morgan fingerprint density at radius 2 is 2.44 bits per heavy atom. The quantitative estimate of drug-likeness (QED) is 0.441. The van der Waals surface area contributed by atoms with Gasteiger partial charge in [-0.1, -0.05) is 0 Å². The molecule has 4 heteroatoms. The van der Waals surface area contributed by atoms with Crippen LogP contribution in [0.15, 0.2) is 9.98 Å². The minimum atomic E-state index is -0.400. The van der Waals surface area contributed by atoms with Gasteiger partial charge in [0.05, 0.1) is 12.1 Å². The van der Waals surface area contributed by atoms with Crippen LogP contribution in [0.5, 0.6) is 0 Å². The Labute approximate surface area is 53.7 Å². The lowest BCUT2D eigenvalue weighted by Gasteiger charge is -2.18. The van der Waals surface area contributed by atoms with Crippen LogP contribution in [-0.2, 0) is 0 Å². The molecule has 4 N–H and O–H groups in total. The van der Waals surface area contributed by atoms with E-state index in [1.807, 2.05) is 6.92 Å². The van der Waals surface area contributed by atoms with Gasteiger partial charge in [-0.3, -0.25) is 0 Å². The van der Waals surface area contributed by atoms with Crippen LogP contribution in [0.4, 0.5) is 0 Å². The first-order chi connectivity index (χ1) is 4.10. The first-order valence-corrected chi connectivity index (χ1v) is 2.74. The molecule has 1 unspecified atom stereocenters. The molecule has 4 nitrogen and oxygen atoms in total. The Morgan fingerprint density at radius 3 is 2.78 bits per heavy atom. The molecule has 9 heavy (non-hydrogen) atoms. The molecule has 1 aliphatic rings. The number of aliphatic imine (C=N–C) groups is 2. The highest BCUT2D eigenvalue weighted by molar-refractivity contribution is 5.91. The molecule has 1 rings (SSSR count). The summed E-state index contributed by atoms with van der Waals surface area (Å²) in [6.07, 6.45) is 1.62. The Kier molecular flexibility index (Phi) is 1.25. The van der Waals surface area contributed by atoms with Gasteiger partial charge < -0.3 is 11.5 Å². The van der Waals surface area contributed by atoms with Crippen LogP contribution in [0.2, 0.25) is 0 Å². The van der Waals surface area contributed by atoms with Crippen LogP contribution in [0, 0.1) is 0 Å². The van der Waals surface area contributed by atoms with Crippen LogP contribution < -0.4 is 11.5 Å². The van der Waals surface area contributed by atoms with E-state index in [1.54, 1.807) is 6.21 Å². The third-order valence-corrected chi connectivity index (χ3v) is 1.07. The van der Waals surface area contributed by atoms with Crippen molar-refractivity contribution in [1.29, 1.82) is 0 Å². The summed E-state index contributed by atoms with van der Waals surface area (Å²) in [6, 6.07) is 0. The van der Waals surface area contributed by atoms with E-state index in [0.29, 0.717) is 12.5 Å². The molecule has 0 bridgehead atoms. The molecule has 0 spiro atoms. The fraction of sp³-hybridized carbons (Fsp3) is 0.600. The van der Waals surface area contributed by atoms with Crippen LogP contribution in [-0.4, -0.2) is 24.3 Å². The normalized spacial score (nSPS) is 34.2. The third kappa shape index (κ3) is 1.50. The Hall–Kier alpha value is -0.900. The number of hydrogen-bond acceptors (Lipinski definition) is 4. The van der Waals surface area contributed by atoms with Gasteiger partial charge in [0, 0.05) is 6.21 Å². The zero-order chi connectivity index (χ0) is 6.91. The van der Waals surface area contributed by atoms with Crippen molar-refractivity contribution in [2.45, 2.75) is 12.5 Å². The number of rotatable bonds is 0. The second-order valence-electron chi connectivity index (χ2n) is 2.44. The lowest BCUT2D eigenvalue weighted by atomic mass is 10.1. The van der Waals surface area contributed by atoms with Crippen molar-refractivity contribution in [2.75, 3.05) is 6.54 Å². The van der Waals surface area contributed by atoms with Crippen LogP contribution in [0.25, 0.3) is 0 Å². The highest BCUT2D eigenvalue weighted by Crippen LogP contribution is 1.99. The summed E-state index contributed by atoms with van der Waals surface area (Å²) in [6.45, 7) is 2.38. The summed E-state index contributed by atoms with van der Waals surface area (Å²) in [5.74, 6) is 0.318. The van der Waals surface area contributed by atoms with Crippen LogP contribution in [0.3, 0.4) is 0 Å². The maximum absolute atomic E-state index is 5.63. The van der Waals surface area contributed by atoms with E-state index in [4.69, 9.17) is 11.5 Å². The van der Waals surface area contributed by atoms with E-state index in [-0.39, 0.29) is 0 Å². The monoisotopic (exact) mass is 126 g/mol. The van der Waals surface area contributed by atoms with E-state index in [1.165, 1.54) is 0 Å². The van der Waals surface area contributed by atoms with E-state index in [2.05, 4.69) is 9.98 Å². The molecule has 0 aliphatic carbocycles. The van der Waals surface area contributed by atoms with Crippen molar-refractivity contribution < 1.29 is 0 Å². The maximum atomic E-state index is 5.63. The highest BCUT2D eigenvalue weighted by Gasteiger charge is 2.17. The number of nitrogens with two attached hydrogens (primary N) is 2. The fourth-order valence-electron chi connectivity index (χ4n) is 0.547. The summed E-state index contributed by atoms with van der Waals surface area (Å²) in [4.78, 5) is 7.61. The largest absolute Gasteiger partial charge is 0.368 e. The standard InChI is InChI=1S/C5H10N4/c1-5(7)2-8-4(6)9-3-5/h2H,3,7H2,1H3,(H2,6,9). The average Bonchev–Trinajstić information content (AvgIpc) is 1.78. The minimum Gasteiger partial charge on any atom is -0.368 e. The van der Waals surface area contributed by atoms with E-state index in [9.17, 15) is 0 Å². The van der Waals surface area contributed by atoms with E-state index in [0.717, 1.165) is 0 Å². The molecular weight excluding hydrogens is 116 g/mol. The van der Waals surface area contributed by atoms with Gasteiger partial charge in [-0.15, -0.1) is 0 Å². The molecule has 0 saturated heterocycles. The molecule has 0 fully saturated rings. The van der Waals surface area contributed by atoms with E-state index >= 15 is 0 Å². The Bertz CT molecular complexity index is 168. The predicted octanol–water partition coefficient (Wildman–Crippen LogP) is -0.897. The summed E-state index contributed by atoms with van der Waals surface area (Å²) < 4.78 is 0. The third-order valence-electron chi connectivity index (χ3n) is 1.07. The van der Waals surface area contributed by atoms with Crippen LogP contribution in [0.1, 0.15) is 6.92 Å². The Balaban J connectivity index is 2.70. The van der Waals surface area contributed by atoms with Gasteiger partial charge in [-0.05, 0) is 6.92 Å².